The number of hydrogen-bond donors (Lipinski definition) is 1. The summed E-state index contributed by atoms with van der Waals surface area (Å²) in [5.74, 6) is -0.190. The van der Waals surface area contributed by atoms with Crippen molar-refractivity contribution in [3.63, 3.8) is 0 Å². The molecular formula is C29H27N3O3. The van der Waals surface area contributed by atoms with Crippen LogP contribution in [0.3, 0.4) is 0 Å². The van der Waals surface area contributed by atoms with Gasteiger partial charge in [0.2, 0.25) is 5.91 Å². The van der Waals surface area contributed by atoms with Crippen LogP contribution in [0.15, 0.2) is 84.9 Å². The van der Waals surface area contributed by atoms with Crippen molar-refractivity contribution >= 4 is 17.6 Å². The van der Waals surface area contributed by atoms with E-state index in [1.807, 2.05) is 73.7 Å². The number of esters is 1. The molecule has 176 valence electrons. The van der Waals surface area contributed by atoms with E-state index in [1.165, 1.54) is 5.56 Å². The number of aryl methyl sites for hydroxylation is 1. The minimum Gasteiger partial charge on any atom is -0.461 e. The molecule has 1 heterocycles. The number of para-hydroxylation sites is 1. The van der Waals surface area contributed by atoms with Crippen molar-refractivity contribution in [3.8, 4) is 16.9 Å². The molecule has 0 aliphatic heterocycles. The number of ether oxygens (including phenoxy) is 1. The van der Waals surface area contributed by atoms with Gasteiger partial charge in [-0.15, -0.1) is 0 Å². The topological polar surface area (TPSA) is 73.2 Å². The van der Waals surface area contributed by atoms with Gasteiger partial charge in [-0.2, -0.15) is 5.10 Å². The lowest BCUT2D eigenvalue weighted by Crippen LogP contribution is -2.14. The summed E-state index contributed by atoms with van der Waals surface area (Å²) in [6.45, 7) is 4.05. The van der Waals surface area contributed by atoms with E-state index in [9.17, 15) is 9.59 Å². The first-order valence-electron chi connectivity index (χ1n) is 11.8. The molecule has 0 radical (unpaired) electrons. The second kappa shape index (κ2) is 9.58. The van der Waals surface area contributed by atoms with Crippen molar-refractivity contribution < 1.29 is 14.3 Å². The molecule has 6 nitrogen and oxygen atoms in total. The second-order valence-corrected chi connectivity index (χ2v) is 8.76. The highest BCUT2D eigenvalue weighted by molar-refractivity contribution is 5.96. The molecule has 4 aromatic rings. The van der Waals surface area contributed by atoms with Gasteiger partial charge in [0, 0.05) is 17.2 Å². The van der Waals surface area contributed by atoms with Crippen LogP contribution >= 0.6 is 0 Å². The first-order chi connectivity index (χ1) is 17.0. The van der Waals surface area contributed by atoms with Crippen LogP contribution in [0.25, 0.3) is 16.9 Å². The minimum absolute atomic E-state index is 0.0195. The van der Waals surface area contributed by atoms with E-state index in [0.717, 1.165) is 28.9 Å². The number of nitrogens with one attached hydrogen (secondary N) is 1. The molecule has 0 saturated heterocycles. The van der Waals surface area contributed by atoms with Gasteiger partial charge in [-0.05, 0) is 61.6 Å². The van der Waals surface area contributed by atoms with Gasteiger partial charge in [0.1, 0.15) is 0 Å². The third-order valence-electron chi connectivity index (χ3n) is 6.32. The summed E-state index contributed by atoms with van der Waals surface area (Å²) in [5.41, 5.74) is 5.63. The molecule has 6 heteroatoms. The maximum atomic E-state index is 12.9. The first-order valence-corrected chi connectivity index (χ1v) is 11.8. The van der Waals surface area contributed by atoms with E-state index in [0.29, 0.717) is 5.69 Å². The molecule has 35 heavy (non-hydrogen) atoms. The smallest absolute Gasteiger partial charge is 0.358 e. The number of benzene rings is 3. The Balaban J connectivity index is 1.43. The van der Waals surface area contributed by atoms with Crippen molar-refractivity contribution in [2.45, 2.75) is 26.2 Å². The third-order valence-corrected chi connectivity index (χ3v) is 6.32. The van der Waals surface area contributed by atoms with Crippen LogP contribution < -0.4 is 5.32 Å². The molecule has 1 aliphatic carbocycles. The first kappa shape index (κ1) is 22.6. The molecule has 1 amide bonds. The van der Waals surface area contributed by atoms with Gasteiger partial charge in [-0.25, -0.2) is 9.48 Å². The Labute approximate surface area is 204 Å². The standard InChI is InChI=1S/C29H27N3O3/c1-3-35-29(34)25-18-27(32(31-25)26-15-8-7-10-19(26)2)21-13-9-14-22(16-21)30-28(33)24-17-23(24)20-11-5-4-6-12-20/h4-16,18,23-24H,3,17H2,1-2H3,(H,30,33)/t23-,24+/m0/s1. The number of anilines is 1. The summed E-state index contributed by atoms with van der Waals surface area (Å²) in [4.78, 5) is 25.4. The Kier molecular flexibility index (Phi) is 6.19. The summed E-state index contributed by atoms with van der Waals surface area (Å²) in [6, 6.07) is 27.4. The average Bonchev–Trinajstić information content (AvgIpc) is 3.56. The van der Waals surface area contributed by atoms with Gasteiger partial charge in [0.05, 0.1) is 18.0 Å². The number of carbonyl (C=O) groups is 2. The van der Waals surface area contributed by atoms with Crippen molar-refractivity contribution in [1.82, 2.24) is 9.78 Å². The summed E-state index contributed by atoms with van der Waals surface area (Å²) >= 11 is 0. The summed E-state index contributed by atoms with van der Waals surface area (Å²) < 4.78 is 6.94. The number of aromatic nitrogens is 2. The number of carbonyl (C=O) groups excluding carboxylic acids is 2. The molecule has 0 spiro atoms. The number of nitrogens with zero attached hydrogens (tertiary/aromatic N) is 2. The predicted molar refractivity (Wildman–Crippen MR) is 136 cm³/mol. The highest BCUT2D eigenvalue weighted by Gasteiger charge is 2.43. The maximum Gasteiger partial charge on any atom is 0.358 e. The lowest BCUT2D eigenvalue weighted by molar-refractivity contribution is -0.117. The van der Waals surface area contributed by atoms with Gasteiger partial charge < -0.3 is 10.1 Å². The molecule has 5 rings (SSSR count). The molecule has 1 fully saturated rings. The van der Waals surface area contributed by atoms with Gasteiger partial charge in [-0.3, -0.25) is 4.79 Å². The highest BCUT2D eigenvalue weighted by atomic mass is 16.5. The Morgan fingerprint density at radius 3 is 2.54 bits per heavy atom. The van der Waals surface area contributed by atoms with Gasteiger partial charge in [0.25, 0.3) is 0 Å². The van der Waals surface area contributed by atoms with E-state index < -0.39 is 5.97 Å². The number of amides is 1. The normalized spacial score (nSPS) is 16.5. The Hall–Kier alpha value is -4.19. The highest BCUT2D eigenvalue weighted by Crippen LogP contribution is 2.48. The van der Waals surface area contributed by atoms with Gasteiger partial charge in [0.15, 0.2) is 5.69 Å². The van der Waals surface area contributed by atoms with Crippen LogP contribution in [-0.4, -0.2) is 28.3 Å². The van der Waals surface area contributed by atoms with E-state index in [1.54, 1.807) is 17.7 Å². The zero-order chi connectivity index (χ0) is 24.4. The molecule has 1 N–H and O–H groups in total. The summed E-state index contributed by atoms with van der Waals surface area (Å²) in [6.07, 6.45) is 0.860. The van der Waals surface area contributed by atoms with Crippen molar-refractivity contribution in [1.29, 1.82) is 0 Å². The Morgan fingerprint density at radius 2 is 1.77 bits per heavy atom. The molecule has 1 aromatic heterocycles. The molecule has 1 aliphatic rings. The van der Waals surface area contributed by atoms with Gasteiger partial charge >= 0.3 is 5.97 Å². The predicted octanol–water partition coefficient (Wildman–Crippen LogP) is 5.77. The fourth-order valence-corrected chi connectivity index (χ4v) is 4.42. The largest absolute Gasteiger partial charge is 0.461 e. The van der Waals surface area contributed by atoms with Crippen molar-refractivity contribution in [2.75, 3.05) is 11.9 Å². The molecule has 0 unspecified atom stereocenters. The fourth-order valence-electron chi connectivity index (χ4n) is 4.42. The van der Waals surface area contributed by atoms with Crippen molar-refractivity contribution in [2.24, 2.45) is 5.92 Å². The Bertz CT molecular complexity index is 1380. The summed E-state index contributed by atoms with van der Waals surface area (Å²) in [5, 5.41) is 7.64. The number of rotatable bonds is 7. The monoisotopic (exact) mass is 465 g/mol. The number of hydrogen-bond acceptors (Lipinski definition) is 4. The zero-order valence-electron chi connectivity index (χ0n) is 19.8. The van der Waals surface area contributed by atoms with Gasteiger partial charge in [-0.1, -0.05) is 60.7 Å². The molecule has 3 aromatic carbocycles. The van der Waals surface area contributed by atoms with Crippen LogP contribution in [0, 0.1) is 12.8 Å². The SMILES string of the molecule is CCOC(=O)c1cc(-c2cccc(NC(=O)[C@@H]3C[C@H]3c3ccccc3)c2)n(-c2ccccc2C)n1. The Morgan fingerprint density at radius 1 is 1.00 bits per heavy atom. The van der Waals surface area contributed by atoms with Crippen LogP contribution in [0.5, 0.6) is 0 Å². The van der Waals surface area contributed by atoms with E-state index >= 15 is 0 Å². The zero-order valence-corrected chi connectivity index (χ0v) is 19.8. The second-order valence-electron chi connectivity index (χ2n) is 8.76. The van der Waals surface area contributed by atoms with Crippen LogP contribution in [0.4, 0.5) is 5.69 Å². The molecule has 2 atom stereocenters. The summed E-state index contributed by atoms with van der Waals surface area (Å²) in [7, 11) is 0. The molecule has 1 saturated carbocycles. The van der Waals surface area contributed by atoms with Crippen LogP contribution in [-0.2, 0) is 9.53 Å². The quantitative estimate of drug-likeness (QED) is 0.352. The van der Waals surface area contributed by atoms with Crippen LogP contribution in [0.1, 0.15) is 40.9 Å². The van der Waals surface area contributed by atoms with Crippen molar-refractivity contribution in [3.05, 3.63) is 102 Å². The maximum absolute atomic E-state index is 12.9. The lowest BCUT2D eigenvalue weighted by atomic mass is 10.1. The average molecular weight is 466 g/mol. The van der Waals surface area contributed by atoms with E-state index in [-0.39, 0.29) is 30.0 Å². The van der Waals surface area contributed by atoms with E-state index in [2.05, 4.69) is 22.5 Å². The van der Waals surface area contributed by atoms with E-state index in [4.69, 9.17) is 4.74 Å². The minimum atomic E-state index is -0.466. The van der Waals surface area contributed by atoms with Crippen LogP contribution in [0.2, 0.25) is 0 Å². The third kappa shape index (κ3) is 4.73. The fraction of sp³-hybridized carbons (Fsp3) is 0.207. The molecular weight excluding hydrogens is 438 g/mol. The lowest BCUT2D eigenvalue weighted by Gasteiger charge is -2.12. The molecule has 0 bridgehead atoms.